The Morgan fingerprint density at radius 2 is 2.13 bits per heavy atom. The number of carbonyl (C=O) groups is 1. The van der Waals surface area contributed by atoms with Crippen LogP contribution in [0.4, 0.5) is 0 Å². The zero-order valence-corrected chi connectivity index (χ0v) is 18.2. The van der Waals surface area contributed by atoms with E-state index >= 15 is 0 Å². The van der Waals surface area contributed by atoms with E-state index in [1.54, 1.807) is 12.1 Å². The lowest BCUT2D eigenvalue weighted by Crippen LogP contribution is -2.39. The molecule has 30 heavy (non-hydrogen) atoms. The molecule has 0 unspecified atom stereocenters. The molecule has 0 fully saturated rings. The average Bonchev–Trinajstić information content (AvgIpc) is 2.75. The van der Waals surface area contributed by atoms with Crippen LogP contribution in [-0.4, -0.2) is 28.3 Å². The first kappa shape index (κ1) is 22.1. The number of halogens is 1. The smallest absolute Gasteiger partial charge is 0.271 e. The summed E-state index contributed by atoms with van der Waals surface area (Å²) >= 11 is 6.08. The topological polar surface area (TPSA) is 73.2 Å². The molecule has 1 heterocycles. The first-order valence-corrected chi connectivity index (χ1v) is 10.8. The Labute approximate surface area is 181 Å². The molecule has 0 aliphatic heterocycles. The first-order chi connectivity index (χ1) is 14.5. The third-order valence-electron chi connectivity index (χ3n) is 5.23. The minimum Gasteiger partial charge on any atom is -0.463 e. The van der Waals surface area contributed by atoms with E-state index in [0.29, 0.717) is 23.7 Å². The van der Waals surface area contributed by atoms with Gasteiger partial charge in [-0.1, -0.05) is 36.2 Å². The summed E-state index contributed by atoms with van der Waals surface area (Å²) < 4.78 is 7.07. The van der Waals surface area contributed by atoms with Gasteiger partial charge in [-0.05, 0) is 63.1 Å². The second-order valence-electron chi connectivity index (χ2n) is 7.52. The predicted octanol–water partition coefficient (Wildman–Crippen LogP) is 4.36. The number of hydrogen-bond acceptors (Lipinski definition) is 4. The normalized spacial score (nSPS) is 14.7. The van der Waals surface area contributed by atoms with Crippen LogP contribution in [0.5, 0.6) is 5.88 Å². The number of aromatic nitrogens is 2. The monoisotopic (exact) mass is 429 g/mol. The van der Waals surface area contributed by atoms with Crippen LogP contribution < -0.4 is 15.6 Å². The molecule has 7 heteroatoms. The van der Waals surface area contributed by atoms with Crippen LogP contribution >= 0.6 is 11.6 Å². The molecule has 0 radical (unpaired) electrons. The van der Waals surface area contributed by atoms with Crippen LogP contribution in [0.3, 0.4) is 0 Å². The zero-order valence-electron chi connectivity index (χ0n) is 17.5. The molecule has 3 rings (SSSR count). The van der Waals surface area contributed by atoms with E-state index < -0.39 is 6.10 Å². The first-order valence-electron chi connectivity index (χ1n) is 10.5. The van der Waals surface area contributed by atoms with Crippen molar-refractivity contribution in [2.45, 2.75) is 58.5 Å². The summed E-state index contributed by atoms with van der Waals surface area (Å²) in [5, 5.41) is 7.77. The number of nitrogens with zero attached hydrogens (tertiary/aromatic N) is 2. The van der Waals surface area contributed by atoms with Crippen LogP contribution in [0, 0.1) is 6.92 Å². The van der Waals surface area contributed by atoms with E-state index in [4.69, 9.17) is 16.3 Å². The highest BCUT2D eigenvalue weighted by Gasteiger charge is 2.19. The summed E-state index contributed by atoms with van der Waals surface area (Å²) in [6.45, 7) is 4.35. The van der Waals surface area contributed by atoms with Crippen molar-refractivity contribution in [3.63, 3.8) is 0 Å². The number of rotatable bonds is 8. The maximum atomic E-state index is 12.6. The number of carbonyl (C=O) groups excluding carboxylic acids is 1. The molecule has 0 spiro atoms. The fraction of sp³-hybridized carbons (Fsp3) is 0.435. The SMILES string of the molecule is CC[C@H](Oc1ccc(=O)n(-c2cc(Cl)ccc2C)n1)C(=O)NCCC1=CCCCC1. The number of benzene rings is 1. The molecular weight excluding hydrogens is 402 g/mol. The van der Waals surface area contributed by atoms with Gasteiger partial charge in [0, 0.05) is 23.7 Å². The lowest BCUT2D eigenvalue weighted by molar-refractivity contribution is -0.128. The number of hydrogen-bond donors (Lipinski definition) is 1. The van der Waals surface area contributed by atoms with Crippen LogP contribution in [0.2, 0.25) is 5.02 Å². The van der Waals surface area contributed by atoms with Gasteiger partial charge >= 0.3 is 0 Å². The van der Waals surface area contributed by atoms with Crippen molar-refractivity contribution in [2.75, 3.05) is 6.54 Å². The van der Waals surface area contributed by atoms with Gasteiger partial charge in [0.15, 0.2) is 6.10 Å². The number of allylic oxidation sites excluding steroid dienone is 1. The lowest BCUT2D eigenvalue weighted by atomic mass is 9.97. The molecule has 160 valence electrons. The van der Waals surface area contributed by atoms with E-state index in [0.717, 1.165) is 24.8 Å². The van der Waals surface area contributed by atoms with Crippen molar-refractivity contribution in [1.29, 1.82) is 0 Å². The van der Waals surface area contributed by atoms with Gasteiger partial charge in [0.2, 0.25) is 5.88 Å². The van der Waals surface area contributed by atoms with E-state index in [-0.39, 0.29) is 17.3 Å². The Morgan fingerprint density at radius 1 is 1.30 bits per heavy atom. The summed E-state index contributed by atoms with van der Waals surface area (Å²) in [7, 11) is 0. The van der Waals surface area contributed by atoms with Crippen molar-refractivity contribution in [3.05, 3.63) is 62.9 Å². The van der Waals surface area contributed by atoms with E-state index in [1.165, 1.54) is 35.2 Å². The predicted molar refractivity (Wildman–Crippen MR) is 118 cm³/mol. The van der Waals surface area contributed by atoms with Gasteiger partial charge in [0.25, 0.3) is 11.5 Å². The number of amides is 1. The third kappa shape index (κ3) is 5.72. The summed E-state index contributed by atoms with van der Waals surface area (Å²) in [5.41, 5.74) is 2.55. The fourth-order valence-electron chi connectivity index (χ4n) is 3.50. The molecule has 1 aromatic heterocycles. The lowest BCUT2D eigenvalue weighted by Gasteiger charge is -2.18. The molecular formula is C23H28ClN3O3. The van der Waals surface area contributed by atoms with Gasteiger partial charge < -0.3 is 10.1 Å². The Bertz CT molecular complexity index is 984. The van der Waals surface area contributed by atoms with Crippen molar-refractivity contribution in [3.8, 4) is 11.6 Å². The summed E-state index contributed by atoms with van der Waals surface area (Å²) in [4.78, 5) is 24.9. The Balaban J connectivity index is 1.67. The van der Waals surface area contributed by atoms with Crippen molar-refractivity contribution >= 4 is 17.5 Å². The summed E-state index contributed by atoms with van der Waals surface area (Å²) in [5.74, 6) is 0.0401. The van der Waals surface area contributed by atoms with Gasteiger partial charge in [-0.3, -0.25) is 9.59 Å². The molecule has 1 aliphatic carbocycles. The highest BCUT2D eigenvalue weighted by molar-refractivity contribution is 6.30. The fourth-order valence-corrected chi connectivity index (χ4v) is 3.67. The highest BCUT2D eigenvalue weighted by Crippen LogP contribution is 2.20. The highest BCUT2D eigenvalue weighted by atomic mass is 35.5. The van der Waals surface area contributed by atoms with Crippen LogP contribution in [-0.2, 0) is 4.79 Å². The molecule has 6 nitrogen and oxygen atoms in total. The van der Waals surface area contributed by atoms with Crippen LogP contribution in [0.15, 0.2) is 46.8 Å². The Hall–Kier alpha value is -2.60. The maximum absolute atomic E-state index is 12.6. The second kappa shape index (κ2) is 10.4. The molecule has 0 saturated heterocycles. The zero-order chi connectivity index (χ0) is 21.5. The number of aryl methyl sites for hydroxylation is 1. The molecule has 0 bridgehead atoms. The molecule has 0 saturated carbocycles. The standard InChI is InChI=1S/C23H28ClN3O3/c1-3-20(23(29)25-14-13-17-7-5-4-6-8-17)30-21-11-12-22(28)27(26-21)19-15-18(24)10-9-16(19)2/h7,9-12,15,20H,3-6,8,13-14H2,1-2H3,(H,25,29)/t20-/m0/s1. The minimum absolute atomic E-state index is 0.174. The van der Waals surface area contributed by atoms with Crippen LogP contribution in [0.1, 0.15) is 51.0 Å². The van der Waals surface area contributed by atoms with E-state index in [1.807, 2.05) is 19.9 Å². The number of nitrogens with one attached hydrogen (secondary N) is 1. The largest absolute Gasteiger partial charge is 0.463 e. The van der Waals surface area contributed by atoms with Crippen molar-refractivity contribution in [2.24, 2.45) is 0 Å². The Kier molecular flexibility index (Phi) is 7.69. The van der Waals surface area contributed by atoms with E-state index in [9.17, 15) is 9.59 Å². The quantitative estimate of drug-likeness (QED) is 0.633. The molecule has 1 N–H and O–H groups in total. The molecule has 1 amide bonds. The van der Waals surface area contributed by atoms with E-state index in [2.05, 4.69) is 16.5 Å². The van der Waals surface area contributed by atoms with Gasteiger partial charge in [-0.25, -0.2) is 0 Å². The molecule has 2 aromatic rings. The van der Waals surface area contributed by atoms with Gasteiger partial charge in [-0.2, -0.15) is 4.68 Å². The van der Waals surface area contributed by atoms with Gasteiger partial charge in [-0.15, -0.1) is 5.10 Å². The molecule has 1 aliphatic rings. The van der Waals surface area contributed by atoms with Crippen molar-refractivity contribution in [1.82, 2.24) is 15.1 Å². The van der Waals surface area contributed by atoms with Crippen LogP contribution in [0.25, 0.3) is 5.69 Å². The Morgan fingerprint density at radius 3 is 2.87 bits per heavy atom. The summed E-state index contributed by atoms with van der Waals surface area (Å²) in [6, 6.07) is 8.12. The third-order valence-corrected chi connectivity index (χ3v) is 5.47. The molecule has 1 atom stereocenters. The number of ether oxygens (including phenoxy) is 1. The second-order valence-corrected chi connectivity index (χ2v) is 7.95. The van der Waals surface area contributed by atoms with Gasteiger partial charge in [0.1, 0.15) is 0 Å². The van der Waals surface area contributed by atoms with Gasteiger partial charge in [0.05, 0.1) is 5.69 Å². The molecule has 1 aromatic carbocycles. The van der Waals surface area contributed by atoms with Crippen molar-refractivity contribution < 1.29 is 9.53 Å². The maximum Gasteiger partial charge on any atom is 0.271 e. The summed E-state index contributed by atoms with van der Waals surface area (Å²) in [6.07, 6.45) is 7.72. The minimum atomic E-state index is -0.677. The average molecular weight is 430 g/mol.